The van der Waals surface area contributed by atoms with Crippen LogP contribution in [0.25, 0.3) is 0 Å². The lowest BCUT2D eigenvalue weighted by atomic mass is 10.1. The van der Waals surface area contributed by atoms with Crippen molar-refractivity contribution in [3.63, 3.8) is 0 Å². The summed E-state index contributed by atoms with van der Waals surface area (Å²) in [5.41, 5.74) is 0. The van der Waals surface area contributed by atoms with Gasteiger partial charge in [-0.15, -0.1) is 0 Å². The molecule has 0 saturated heterocycles. The predicted octanol–water partition coefficient (Wildman–Crippen LogP) is 2.94. The molecule has 0 aromatic carbocycles. The molecule has 0 spiro atoms. The fourth-order valence-corrected chi connectivity index (χ4v) is 1.01. The van der Waals surface area contributed by atoms with E-state index in [-0.39, 0.29) is 5.97 Å². The highest BCUT2D eigenvalue weighted by Crippen LogP contribution is 2.01. The first kappa shape index (κ1) is 15.3. The van der Waals surface area contributed by atoms with Gasteiger partial charge < -0.3 is 4.74 Å². The second-order valence-corrected chi connectivity index (χ2v) is 3.99. The Morgan fingerprint density at radius 3 is 2.76 bits per heavy atom. The maximum Gasteiger partial charge on any atom is 0.306 e. The molecule has 0 aromatic heterocycles. The summed E-state index contributed by atoms with van der Waals surface area (Å²) in [4.78, 5) is 11.2. The van der Waals surface area contributed by atoms with Crippen LogP contribution in [0.4, 0.5) is 0 Å². The van der Waals surface area contributed by atoms with E-state index in [1.165, 1.54) is 0 Å². The van der Waals surface area contributed by atoms with E-state index in [0.717, 1.165) is 6.42 Å². The summed E-state index contributed by atoms with van der Waals surface area (Å²) in [6, 6.07) is 0. The van der Waals surface area contributed by atoms with Gasteiger partial charge in [0.25, 0.3) is 0 Å². The third-order valence-corrected chi connectivity index (χ3v) is 1.76. The molecular weight excluding hydrogens is 212 g/mol. The van der Waals surface area contributed by atoms with Crippen LogP contribution in [-0.4, -0.2) is 12.6 Å². The van der Waals surface area contributed by atoms with Gasteiger partial charge in [-0.25, -0.2) is 0 Å². The van der Waals surface area contributed by atoms with Crippen molar-refractivity contribution in [1.29, 1.82) is 0 Å². The Bertz CT molecular complexity index is 356. The maximum absolute atomic E-state index is 11.2. The summed E-state index contributed by atoms with van der Waals surface area (Å²) >= 11 is 0. The minimum absolute atomic E-state index is 0.124. The fourth-order valence-electron chi connectivity index (χ4n) is 1.01. The summed E-state index contributed by atoms with van der Waals surface area (Å²) < 4.78 is 5.04. The number of ether oxygens (including phenoxy) is 1. The van der Waals surface area contributed by atoms with Gasteiger partial charge in [0, 0.05) is 12.8 Å². The van der Waals surface area contributed by atoms with Gasteiger partial charge in [0.1, 0.15) is 0 Å². The van der Waals surface area contributed by atoms with Crippen molar-refractivity contribution >= 4 is 5.97 Å². The van der Waals surface area contributed by atoms with Gasteiger partial charge in [0.15, 0.2) is 0 Å². The molecule has 0 fully saturated rings. The molecule has 0 bridgehead atoms. The van der Waals surface area contributed by atoms with Crippen molar-refractivity contribution in [2.24, 2.45) is 5.92 Å². The summed E-state index contributed by atoms with van der Waals surface area (Å²) in [7, 11) is 0. The molecule has 0 aliphatic carbocycles. The lowest BCUT2D eigenvalue weighted by molar-refractivity contribution is -0.144. The first-order chi connectivity index (χ1) is 8.16. The van der Waals surface area contributed by atoms with E-state index in [4.69, 9.17) is 4.74 Å². The zero-order valence-electron chi connectivity index (χ0n) is 10.9. The van der Waals surface area contributed by atoms with Crippen molar-refractivity contribution in [2.75, 3.05) is 6.61 Å². The van der Waals surface area contributed by atoms with Crippen LogP contribution in [0.15, 0.2) is 12.2 Å². The lowest BCUT2D eigenvalue weighted by Gasteiger charge is -2.04. The highest BCUT2D eigenvalue weighted by atomic mass is 16.5. The van der Waals surface area contributed by atoms with E-state index in [1.807, 2.05) is 26.8 Å². The smallest absolute Gasteiger partial charge is 0.306 e. The monoisotopic (exact) mass is 232 g/mol. The Morgan fingerprint density at radius 2 is 2.12 bits per heavy atom. The van der Waals surface area contributed by atoms with Crippen molar-refractivity contribution in [1.82, 2.24) is 0 Å². The molecule has 0 unspecified atom stereocenters. The highest BCUT2D eigenvalue weighted by Gasteiger charge is 2.04. The molecule has 0 atom stereocenters. The molecule has 0 N–H and O–H groups in total. The molecule has 0 amide bonds. The molecule has 0 aromatic rings. The quantitative estimate of drug-likeness (QED) is 0.414. The van der Waals surface area contributed by atoms with E-state index < -0.39 is 0 Å². The minimum atomic E-state index is -0.124. The standard InChI is InChI=1S/C15H20O2/c1-4-5-6-7-8-9-10-11-12-17-15(16)13-14(2)3/h4-5,14H,10-13H2,1-3H3/b5-4-. The van der Waals surface area contributed by atoms with E-state index >= 15 is 0 Å². The molecule has 0 saturated carbocycles. The molecule has 92 valence electrons. The van der Waals surface area contributed by atoms with Gasteiger partial charge in [-0.2, -0.15) is 0 Å². The van der Waals surface area contributed by atoms with Crippen LogP contribution in [0, 0.1) is 29.6 Å². The topological polar surface area (TPSA) is 26.3 Å². The number of allylic oxidation sites excluding steroid dienone is 2. The SMILES string of the molecule is C/C=C\C#CC#CCCCOC(=O)CC(C)C. The number of carbonyl (C=O) groups is 1. The van der Waals surface area contributed by atoms with Crippen LogP contribution in [0.1, 0.15) is 40.0 Å². The van der Waals surface area contributed by atoms with Crippen LogP contribution in [0.3, 0.4) is 0 Å². The number of unbranched alkanes of at least 4 members (excludes halogenated alkanes) is 1. The zero-order chi connectivity index (χ0) is 12.9. The van der Waals surface area contributed by atoms with Crippen LogP contribution < -0.4 is 0 Å². The molecule has 2 nitrogen and oxygen atoms in total. The number of hydrogen-bond donors (Lipinski definition) is 0. The molecular formula is C15H20O2. The van der Waals surface area contributed by atoms with E-state index in [0.29, 0.717) is 25.4 Å². The van der Waals surface area contributed by atoms with Crippen LogP contribution in [-0.2, 0) is 9.53 Å². The number of rotatable bonds is 5. The molecule has 2 heteroatoms. The molecule has 0 aliphatic heterocycles. The first-order valence-corrected chi connectivity index (χ1v) is 5.92. The maximum atomic E-state index is 11.2. The van der Waals surface area contributed by atoms with Gasteiger partial charge >= 0.3 is 5.97 Å². The van der Waals surface area contributed by atoms with Crippen LogP contribution in [0.2, 0.25) is 0 Å². The zero-order valence-corrected chi connectivity index (χ0v) is 10.9. The second-order valence-electron chi connectivity index (χ2n) is 3.99. The second kappa shape index (κ2) is 10.8. The number of hydrogen-bond acceptors (Lipinski definition) is 2. The van der Waals surface area contributed by atoms with Crippen LogP contribution in [0.5, 0.6) is 0 Å². The third-order valence-electron chi connectivity index (χ3n) is 1.76. The largest absolute Gasteiger partial charge is 0.466 e. The van der Waals surface area contributed by atoms with Gasteiger partial charge in [-0.1, -0.05) is 31.8 Å². The normalized spacial score (nSPS) is 9.41. The molecule has 0 aliphatic rings. The lowest BCUT2D eigenvalue weighted by Crippen LogP contribution is -2.08. The van der Waals surface area contributed by atoms with Gasteiger partial charge in [-0.05, 0) is 37.2 Å². The van der Waals surface area contributed by atoms with Crippen molar-refractivity contribution in [3.05, 3.63) is 12.2 Å². The predicted molar refractivity (Wildman–Crippen MR) is 70.0 cm³/mol. The highest BCUT2D eigenvalue weighted by molar-refractivity contribution is 5.69. The molecule has 0 rings (SSSR count). The van der Waals surface area contributed by atoms with Crippen molar-refractivity contribution < 1.29 is 9.53 Å². The summed E-state index contributed by atoms with van der Waals surface area (Å²) in [5, 5.41) is 0. The average molecular weight is 232 g/mol. The summed E-state index contributed by atoms with van der Waals surface area (Å²) in [6.07, 6.45) is 5.58. The van der Waals surface area contributed by atoms with Crippen LogP contribution >= 0.6 is 0 Å². The average Bonchev–Trinajstić information content (AvgIpc) is 2.26. The fraction of sp³-hybridized carbons (Fsp3) is 0.533. The van der Waals surface area contributed by atoms with Crippen molar-refractivity contribution in [2.45, 2.75) is 40.0 Å². The molecule has 17 heavy (non-hydrogen) atoms. The Labute approximate surface area is 104 Å². The summed E-state index contributed by atoms with van der Waals surface area (Å²) in [5.74, 6) is 11.4. The van der Waals surface area contributed by atoms with Gasteiger partial charge in [0.2, 0.25) is 0 Å². The van der Waals surface area contributed by atoms with Gasteiger partial charge in [-0.3, -0.25) is 4.79 Å². The number of carbonyl (C=O) groups excluding carboxylic acids is 1. The Balaban J connectivity index is 3.53. The number of esters is 1. The van der Waals surface area contributed by atoms with E-state index in [1.54, 1.807) is 6.08 Å². The van der Waals surface area contributed by atoms with E-state index in [2.05, 4.69) is 23.7 Å². The summed E-state index contributed by atoms with van der Waals surface area (Å²) in [6.45, 7) is 6.35. The molecule has 0 radical (unpaired) electrons. The Morgan fingerprint density at radius 1 is 1.35 bits per heavy atom. The minimum Gasteiger partial charge on any atom is -0.466 e. The third kappa shape index (κ3) is 12.3. The Kier molecular flexibility index (Phi) is 9.77. The van der Waals surface area contributed by atoms with Gasteiger partial charge in [0.05, 0.1) is 6.61 Å². The first-order valence-electron chi connectivity index (χ1n) is 5.92. The Hall–Kier alpha value is -1.67. The van der Waals surface area contributed by atoms with E-state index in [9.17, 15) is 4.79 Å². The molecule has 0 heterocycles. The van der Waals surface area contributed by atoms with Crippen molar-refractivity contribution in [3.8, 4) is 23.7 Å².